The first kappa shape index (κ1) is 13.9. The predicted octanol–water partition coefficient (Wildman–Crippen LogP) is 3.15. The molecule has 2 aromatic rings. The van der Waals surface area contributed by atoms with Crippen LogP contribution in [-0.4, -0.2) is 18.1 Å². The minimum Gasteiger partial charge on any atom is -0.504 e. The summed E-state index contributed by atoms with van der Waals surface area (Å²) in [5.41, 5.74) is 0.397. The van der Waals surface area contributed by atoms with Gasteiger partial charge in [-0.15, -0.1) is 11.3 Å². The number of ether oxygens (including phenoxy) is 1. The summed E-state index contributed by atoms with van der Waals surface area (Å²) in [5, 5.41) is 14.4. The largest absolute Gasteiger partial charge is 0.504 e. The zero-order valence-electron chi connectivity index (χ0n) is 10.1. The summed E-state index contributed by atoms with van der Waals surface area (Å²) in [6, 6.07) is 6.51. The highest BCUT2D eigenvalue weighted by atomic mass is 79.9. The van der Waals surface area contributed by atoms with Crippen molar-refractivity contribution >= 4 is 33.2 Å². The van der Waals surface area contributed by atoms with Crippen LogP contribution in [0.3, 0.4) is 0 Å². The van der Waals surface area contributed by atoms with Gasteiger partial charge in [0.25, 0.3) is 5.91 Å². The first-order valence-electron chi connectivity index (χ1n) is 5.48. The van der Waals surface area contributed by atoms with Gasteiger partial charge in [0.05, 0.1) is 13.7 Å². The fourth-order valence-electron chi connectivity index (χ4n) is 1.55. The number of carbonyl (C=O) groups is 1. The predicted molar refractivity (Wildman–Crippen MR) is 77.8 cm³/mol. The van der Waals surface area contributed by atoms with Crippen LogP contribution in [0.4, 0.5) is 0 Å². The average molecular weight is 342 g/mol. The minimum absolute atomic E-state index is 0.0472. The van der Waals surface area contributed by atoms with Crippen molar-refractivity contribution in [3.63, 3.8) is 0 Å². The third-order valence-electron chi connectivity index (χ3n) is 2.49. The number of rotatable bonds is 4. The molecule has 2 rings (SSSR count). The fourth-order valence-corrected chi connectivity index (χ4v) is 2.94. The molecule has 1 heterocycles. The molecule has 100 valence electrons. The second kappa shape index (κ2) is 6.08. The van der Waals surface area contributed by atoms with Crippen LogP contribution in [0.1, 0.15) is 15.2 Å². The Morgan fingerprint density at radius 3 is 2.84 bits per heavy atom. The van der Waals surface area contributed by atoms with Gasteiger partial charge in [-0.2, -0.15) is 0 Å². The molecule has 6 heteroatoms. The summed E-state index contributed by atoms with van der Waals surface area (Å²) in [5.74, 6) is 0.0650. The van der Waals surface area contributed by atoms with Gasteiger partial charge >= 0.3 is 0 Å². The molecule has 0 aliphatic rings. The monoisotopic (exact) mass is 341 g/mol. The van der Waals surface area contributed by atoms with E-state index < -0.39 is 0 Å². The number of phenolic OH excluding ortho intramolecular Hbond substituents is 1. The fraction of sp³-hybridized carbons (Fsp3) is 0.154. The standard InChI is InChI=1S/C13H12BrNO3S/c1-18-12-3-2-8(4-11(12)16)13(17)15-6-10-5-9(14)7-19-10/h2-5,7,16H,6H2,1H3,(H,15,17). The van der Waals surface area contributed by atoms with Crippen molar-refractivity contribution in [2.24, 2.45) is 0 Å². The van der Waals surface area contributed by atoms with Crippen LogP contribution >= 0.6 is 27.3 Å². The van der Waals surface area contributed by atoms with Gasteiger partial charge in [-0.25, -0.2) is 0 Å². The van der Waals surface area contributed by atoms with E-state index in [1.807, 2.05) is 11.4 Å². The number of methoxy groups -OCH3 is 1. The molecule has 1 aromatic carbocycles. The summed E-state index contributed by atoms with van der Waals surface area (Å²) in [6.45, 7) is 0.460. The SMILES string of the molecule is COc1ccc(C(=O)NCc2cc(Br)cs2)cc1O. The number of hydrogen-bond acceptors (Lipinski definition) is 4. The molecule has 1 amide bonds. The number of hydrogen-bond donors (Lipinski definition) is 2. The maximum Gasteiger partial charge on any atom is 0.251 e. The van der Waals surface area contributed by atoms with E-state index in [0.29, 0.717) is 17.9 Å². The van der Waals surface area contributed by atoms with Gasteiger partial charge in [-0.1, -0.05) is 0 Å². The van der Waals surface area contributed by atoms with Gasteiger partial charge in [0.1, 0.15) is 0 Å². The van der Waals surface area contributed by atoms with E-state index in [4.69, 9.17) is 4.74 Å². The number of aromatic hydroxyl groups is 1. The number of amides is 1. The van der Waals surface area contributed by atoms with E-state index >= 15 is 0 Å². The van der Waals surface area contributed by atoms with Crippen LogP contribution < -0.4 is 10.1 Å². The van der Waals surface area contributed by atoms with Gasteiger partial charge in [0.15, 0.2) is 11.5 Å². The Morgan fingerprint density at radius 1 is 1.47 bits per heavy atom. The first-order valence-corrected chi connectivity index (χ1v) is 7.15. The van der Waals surface area contributed by atoms with Crippen molar-refractivity contribution in [1.29, 1.82) is 0 Å². The third-order valence-corrected chi connectivity index (χ3v) is 4.18. The maximum atomic E-state index is 11.9. The van der Waals surface area contributed by atoms with Crippen molar-refractivity contribution in [2.45, 2.75) is 6.54 Å². The van der Waals surface area contributed by atoms with Crippen molar-refractivity contribution in [3.05, 3.63) is 44.6 Å². The Bertz CT molecular complexity index is 597. The molecule has 0 unspecified atom stereocenters. The topological polar surface area (TPSA) is 58.6 Å². The lowest BCUT2D eigenvalue weighted by atomic mass is 10.2. The molecule has 0 aliphatic heterocycles. The molecule has 0 saturated carbocycles. The highest BCUT2D eigenvalue weighted by Crippen LogP contribution is 2.26. The lowest BCUT2D eigenvalue weighted by Crippen LogP contribution is -2.22. The van der Waals surface area contributed by atoms with Gasteiger partial charge in [-0.3, -0.25) is 4.79 Å². The summed E-state index contributed by atoms with van der Waals surface area (Å²) in [4.78, 5) is 13.0. The lowest BCUT2D eigenvalue weighted by molar-refractivity contribution is 0.0951. The van der Waals surface area contributed by atoms with Crippen molar-refractivity contribution < 1.29 is 14.6 Å². The second-order valence-corrected chi connectivity index (χ2v) is 5.71. The van der Waals surface area contributed by atoms with Crippen LogP contribution in [0.5, 0.6) is 11.5 Å². The Labute approximate surface area is 123 Å². The quantitative estimate of drug-likeness (QED) is 0.897. The molecule has 0 atom stereocenters. The van der Waals surface area contributed by atoms with Crippen molar-refractivity contribution in [2.75, 3.05) is 7.11 Å². The maximum absolute atomic E-state index is 11.9. The highest BCUT2D eigenvalue weighted by Gasteiger charge is 2.09. The van der Waals surface area contributed by atoms with Crippen LogP contribution in [0.25, 0.3) is 0 Å². The molecule has 0 fully saturated rings. The van der Waals surface area contributed by atoms with E-state index in [9.17, 15) is 9.90 Å². The Kier molecular flexibility index (Phi) is 4.44. The Morgan fingerprint density at radius 2 is 2.26 bits per heavy atom. The molecule has 0 spiro atoms. The van der Waals surface area contributed by atoms with E-state index in [1.54, 1.807) is 23.5 Å². The Hall–Kier alpha value is -1.53. The van der Waals surface area contributed by atoms with Crippen LogP contribution in [0, 0.1) is 0 Å². The molecular weight excluding hydrogens is 330 g/mol. The summed E-state index contributed by atoms with van der Waals surface area (Å²) < 4.78 is 5.93. The molecular formula is C13H12BrNO3S. The van der Waals surface area contributed by atoms with Crippen molar-refractivity contribution in [1.82, 2.24) is 5.32 Å². The van der Waals surface area contributed by atoms with Crippen LogP contribution in [0.15, 0.2) is 34.1 Å². The second-order valence-electron chi connectivity index (χ2n) is 3.80. The average Bonchev–Trinajstić information content (AvgIpc) is 2.81. The molecule has 2 N–H and O–H groups in total. The van der Waals surface area contributed by atoms with Gasteiger partial charge in [0, 0.05) is 20.3 Å². The number of phenols is 1. The van der Waals surface area contributed by atoms with Crippen LogP contribution in [0.2, 0.25) is 0 Å². The van der Waals surface area contributed by atoms with Gasteiger partial charge in [-0.05, 0) is 40.2 Å². The Balaban J connectivity index is 2.01. The number of thiophene rings is 1. The summed E-state index contributed by atoms with van der Waals surface area (Å²) in [7, 11) is 1.46. The van der Waals surface area contributed by atoms with E-state index in [0.717, 1.165) is 9.35 Å². The van der Waals surface area contributed by atoms with E-state index in [2.05, 4.69) is 21.2 Å². The van der Waals surface area contributed by atoms with E-state index in [1.165, 1.54) is 13.2 Å². The summed E-state index contributed by atoms with van der Waals surface area (Å²) in [6.07, 6.45) is 0. The molecule has 4 nitrogen and oxygen atoms in total. The van der Waals surface area contributed by atoms with E-state index in [-0.39, 0.29) is 11.7 Å². The number of carbonyl (C=O) groups excluding carboxylic acids is 1. The minimum atomic E-state index is -0.234. The first-order chi connectivity index (χ1) is 9.10. The number of halogens is 1. The third kappa shape index (κ3) is 3.48. The molecule has 19 heavy (non-hydrogen) atoms. The normalized spacial score (nSPS) is 10.2. The molecule has 1 aromatic heterocycles. The van der Waals surface area contributed by atoms with Gasteiger partial charge in [0.2, 0.25) is 0 Å². The molecule has 0 saturated heterocycles. The summed E-state index contributed by atoms with van der Waals surface area (Å²) >= 11 is 4.93. The number of nitrogens with one attached hydrogen (secondary N) is 1. The van der Waals surface area contributed by atoms with Crippen molar-refractivity contribution in [3.8, 4) is 11.5 Å². The molecule has 0 radical (unpaired) electrons. The lowest BCUT2D eigenvalue weighted by Gasteiger charge is -2.06. The molecule has 0 bridgehead atoms. The van der Waals surface area contributed by atoms with Crippen LogP contribution in [-0.2, 0) is 6.54 Å². The number of benzene rings is 1. The van der Waals surface area contributed by atoms with Gasteiger partial charge < -0.3 is 15.2 Å². The highest BCUT2D eigenvalue weighted by molar-refractivity contribution is 9.10. The smallest absolute Gasteiger partial charge is 0.251 e. The molecule has 0 aliphatic carbocycles. The zero-order chi connectivity index (χ0) is 13.8. The zero-order valence-corrected chi connectivity index (χ0v) is 12.5.